The topological polar surface area (TPSA) is 29.5 Å². The van der Waals surface area contributed by atoms with Crippen molar-refractivity contribution in [3.63, 3.8) is 0 Å². The van der Waals surface area contributed by atoms with Gasteiger partial charge in [0, 0.05) is 12.8 Å². The van der Waals surface area contributed by atoms with Crippen molar-refractivity contribution in [2.75, 3.05) is 0 Å². The highest BCUT2D eigenvalue weighted by Crippen LogP contribution is 2.30. The van der Waals surface area contributed by atoms with E-state index in [9.17, 15) is 5.11 Å². The fourth-order valence-corrected chi connectivity index (χ4v) is 2.62. The molecule has 1 N–H and O–H groups in total. The van der Waals surface area contributed by atoms with Gasteiger partial charge < -0.3 is 9.84 Å². The normalized spacial score (nSPS) is 18.7. The number of hydrogen-bond donors (Lipinski definition) is 1. The molecule has 1 heterocycles. The van der Waals surface area contributed by atoms with Gasteiger partial charge in [0.05, 0.1) is 6.10 Å². The molecule has 0 amide bonds. The first-order valence-electron chi connectivity index (χ1n) is 6.71. The summed E-state index contributed by atoms with van der Waals surface area (Å²) in [6.45, 7) is 2.08. The Bertz CT molecular complexity index is 552. The molecule has 0 saturated heterocycles. The molecule has 0 radical (unpaired) electrons. The van der Waals surface area contributed by atoms with Crippen LogP contribution in [0.5, 0.6) is 5.75 Å². The zero-order valence-electron chi connectivity index (χ0n) is 11.0. The van der Waals surface area contributed by atoms with Crippen LogP contribution in [0.4, 0.5) is 0 Å². The molecule has 0 bridgehead atoms. The minimum absolute atomic E-state index is 0.128. The van der Waals surface area contributed by atoms with E-state index in [1.54, 1.807) is 0 Å². The van der Waals surface area contributed by atoms with Crippen LogP contribution < -0.4 is 4.74 Å². The minimum Gasteiger partial charge on any atom is -0.487 e. The molecular weight excluding hydrogens is 236 g/mol. The molecule has 1 aliphatic rings. The Kier molecular flexibility index (Phi) is 3.26. The molecule has 0 saturated carbocycles. The van der Waals surface area contributed by atoms with Gasteiger partial charge in [-0.05, 0) is 29.7 Å². The monoisotopic (exact) mass is 254 g/mol. The first-order valence-corrected chi connectivity index (χ1v) is 6.71. The number of benzene rings is 2. The summed E-state index contributed by atoms with van der Waals surface area (Å²) in [5, 5.41) is 10.4. The fourth-order valence-electron chi connectivity index (χ4n) is 2.62. The van der Waals surface area contributed by atoms with E-state index in [4.69, 9.17) is 4.74 Å². The molecule has 2 heteroatoms. The van der Waals surface area contributed by atoms with E-state index in [2.05, 4.69) is 25.1 Å². The van der Waals surface area contributed by atoms with E-state index < -0.39 is 6.10 Å². The van der Waals surface area contributed by atoms with Crippen LogP contribution in [0.3, 0.4) is 0 Å². The number of aliphatic hydroxyl groups is 1. The Hall–Kier alpha value is -1.80. The van der Waals surface area contributed by atoms with Crippen LogP contribution in [0.1, 0.15) is 16.7 Å². The lowest BCUT2D eigenvalue weighted by Gasteiger charge is -2.19. The van der Waals surface area contributed by atoms with Crippen LogP contribution in [0.15, 0.2) is 48.5 Å². The van der Waals surface area contributed by atoms with Gasteiger partial charge >= 0.3 is 0 Å². The Labute approximate surface area is 113 Å². The zero-order chi connectivity index (χ0) is 13.2. The quantitative estimate of drug-likeness (QED) is 0.912. The molecule has 0 aromatic heterocycles. The maximum absolute atomic E-state index is 10.4. The van der Waals surface area contributed by atoms with Crippen molar-refractivity contribution < 1.29 is 9.84 Å². The molecule has 1 aliphatic heterocycles. The number of aryl methyl sites for hydroxylation is 1. The Morgan fingerprint density at radius 1 is 1.16 bits per heavy atom. The summed E-state index contributed by atoms with van der Waals surface area (Å²) in [5.74, 6) is 0.913. The molecule has 2 unspecified atom stereocenters. The summed E-state index contributed by atoms with van der Waals surface area (Å²) in [6.07, 6.45) is 0.847. The van der Waals surface area contributed by atoms with Crippen molar-refractivity contribution in [2.45, 2.75) is 32.0 Å². The second kappa shape index (κ2) is 5.06. The smallest absolute Gasteiger partial charge is 0.129 e. The molecule has 3 rings (SSSR count). The fraction of sp³-hybridized carbons (Fsp3) is 0.294. The molecule has 2 aromatic carbocycles. The predicted molar refractivity (Wildman–Crippen MR) is 75.5 cm³/mol. The van der Waals surface area contributed by atoms with Gasteiger partial charge in [0.15, 0.2) is 0 Å². The van der Waals surface area contributed by atoms with Crippen LogP contribution in [-0.4, -0.2) is 17.3 Å². The van der Waals surface area contributed by atoms with Gasteiger partial charge in [0.2, 0.25) is 0 Å². The SMILES string of the molecule is Cc1ccccc1CC(O)C1Cc2ccccc2O1. The highest BCUT2D eigenvalue weighted by atomic mass is 16.5. The van der Waals surface area contributed by atoms with Crippen molar-refractivity contribution in [1.82, 2.24) is 0 Å². The molecule has 0 spiro atoms. The highest BCUT2D eigenvalue weighted by molar-refractivity contribution is 5.37. The Morgan fingerprint density at radius 2 is 1.89 bits per heavy atom. The highest BCUT2D eigenvalue weighted by Gasteiger charge is 2.29. The van der Waals surface area contributed by atoms with Gasteiger partial charge in [-0.25, -0.2) is 0 Å². The molecule has 98 valence electrons. The third-order valence-electron chi connectivity index (χ3n) is 3.79. The lowest BCUT2D eigenvalue weighted by Crippen LogP contribution is -2.32. The number of ether oxygens (including phenoxy) is 1. The van der Waals surface area contributed by atoms with Crippen LogP contribution >= 0.6 is 0 Å². The molecule has 2 atom stereocenters. The number of hydrogen-bond acceptors (Lipinski definition) is 2. The largest absolute Gasteiger partial charge is 0.487 e. The summed E-state index contributed by atoms with van der Waals surface area (Å²) in [4.78, 5) is 0. The van der Waals surface area contributed by atoms with Crippen molar-refractivity contribution in [3.05, 3.63) is 65.2 Å². The third kappa shape index (κ3) is 2.49. The second-order valence-corrected chi connectivity index (χ2v) is 5.17. The molecule has 0 aliphatic carbocycles. The van der Waals surface area contributed by atoms with Crippen LogP contribution in [0.25, 0.3) is 0 Å². The number of rotatable bonds is 3. The molecule has 0 fully saturated rings. The Morgan fingerprint density at radius 3 is 2.68 bits per heavy atom. The van der Waals surface area contributed by atoms with E-state index in [1.807, 2.05) is 30.3 Å². The lowest BCUT2D eigenvalue weighted by molar-refractivity contribution is 0.0502. The van der Waals surface area contributed by atoms with Gasteiger partial charge in [-0.15, -0.1) is 0 Å². The molecule has 2 nitrogen and oxygen atoms in total. The van der Waals surface area contributed by atoms with Crippen molar-refractivity contribution in [1.29, 1.82) is 0 Å². The van der Waals surface area contributed by atoms with Gasteiger partial charge in [-0.2, -0.15) is 0 Å². The van der Waals surface area contributed by atoms with E-state index >= 15 is 0 Å². The molecule has 2 aromatic rings. The van der Waals surface area contributed by atoms with Crippen LogP contribution in [-0.2, 0) is 12.8 Å². The Balaban J connectivity index is 1.70. The van der Waals surface area contributed by atoms with Crippen LogP contribution in [0.2, 0.25) is 0 Å². The van der Waals surface area contributed by atoms with Gasteiger partial charge in [-0.1, -0.05) is 42.5 Å². The summed E-state index contributed by atoms with van der Waals surface area (Å²) in [7, 11) is 0. The van der Waals surface area contributed by atoms with Gasteiger partial charge in [-0.3, -0.25) is 0 Å². The number of fused-ring (bicyclic) bond motifs is 1. The predicted octanol–water partition coefficient (Wildman–Crippen LogP) is 2.90. The molecule has 19 heavy (non-hydrogen) atoms. The van der Waals surface area contributed by atoms with Gasteiger partial charge in [0.1, 0.15) is 11.9 Å². The van der Waals surface area contributed by atoms with E-state index in [1.165, 1.54) is 16.7 Å². The summed E-state index contributed by atoms with van der Waals surface area (Å²) >= 11 is 0. The summed E-state index contributed by atoms with van der Waals surface area (Å²) in [5.41, 5.74) is 3.60. The molecular formula is C17H18O2. The number of aliphatic hydroxyl groups excluding tert-OH is 1. The first kappa shape index (κ1) is 12.2. The maximum Gasteiger partial charge on any atom is 0.129 e. The standard InChI is InChI=1S/C17H18O2/c1-12-6-2-3-7-13(12)10-15(18)17-11-14-8-4-5-9-16(14)19-17/h2-9,15,17-18H,10-11H2,1H3. The van der Waals surface area contributed by atoms with Crippen molar-refractivity contribution in [3.8, 4) is 5.75 Å². The average molecular weight is 254 g/mol. The van der Waals surface area contributed by atoms with E-state index in [-0.39, 0.29) is 6.10 Å². The lowest BCUT2D eigenvalue weighted by atomic mass is 9.97. The average Bonchev–Trinajstić information content (AvgIpc) is 2.85. The second-order valence-electron chi connectivity index (χ2n) is 5.17. The van der Waals surface area contributed by atoms with Crippen LogP contribution in [0, 0.1) is 6.92 Å². The summed E-state index contributed by atoms with van der Waals surface area (Å²) in [6, 6.07) is 16.2. The third-order valence-corrected chi connectivity index (χ3v) is 3.79. The maximum atomic E-state index is 10.4. The summed E-state index contributed by atoms with van der Waals surface area (Å²) < 4.78 is 5.83. The van der Waals surface area contributed by atoms with E-state index in [0.29, 0.717) is 6.42 Å². The first-order chi connectivity index (χ1) is 9.24. The van der Waals surface area contributed by atoms with Crippen molar-refractivity contribution >= 4 is 0 Å². The number of para-hydroxylation sites is 1. The van der Waals surface area contributed by atoms with E-state index in [0.717, 1.165) is 12.2 Å². The van der Waals surface area contributed by atoms with Crippen molar-refractivity contribution in [2.24, 2.45) is 0 Å². The zero-order valence-corrected chi connectivity index (χ0v) is 11.0. The minimum atomic E-state index is -0.464. The van der Waals surface area contributed by atoms with Gasteiger partial charge in [0.25, 0.3) is 0 Å².